The Labute approximate surface area is 156 Å². The van der Waals surface area contributed by atoms with Crippen LogP contribution in [0.15, 0.2) is 12.1 Å². The van der Waals surface area contributed by atoms with Crippen molar-refractivity contribution in [2.75, 3.05) is 13.2 Å². The lowest BCUT2D eigenvalue weighted by Crippen LogP contribution is -2.33. The van der Waals surface area contributed by atoms with E-state index in [1.807, 2.05) is 0 Å². The fraction of sp³-hybridized carbons (Fsp3) is 0.579. The van der Waals surface area contributed by atoms with E-state index < -0.39 is 30.3 Å². The van der Waals surface area contributed by atoms with Gasteiger partial charge in [0.15, 0.2) is 0 Å². The van der Waals surface area contributed by atoms with E-state index in [2.05, 4.69) is 4.74 Å². The summed E-state index contributed by atoms with van der Waals surface area (Å²) < 4.78 is 50.5. The van der Waals surface area contributed by atoms with Gasteiger partial charge in [0, 0.05) is 0 Å². The first-order valence-corrected chi connectivity index (χ1v) is 8.48. The van der Waals surface area contributed by atoms with E-state index in [1.165, 1.54) is 0 Å². The Hall–Kier alpha value is -2.09. The molecule has 0 spiro atoms. The quantitative estimate of drug-likeness (QED) is 0.628. The Morgan fingerprint density at radius 1 is 1.04 bits per heavy atom. The zero-order valence-electron chi connectivity index (χ0n) is 16.2. The van der Waals surface area contributed by atoms with Gasteiger partial charge in [-0.25, -0.2) is 0 Å². The number of carbonyl (C=O) groups excluding carboxylic acids is 2. The molecule has 0 radical (unpaired) electrons. The number of hydrogen-bond acceptors (Lipinski definition) is 5. The van der Waals surface area contributed by atoms with Gasteiger partial charge in [0.05, 0.1) is 25.0 Å². The third kappa shape index (κ3) is 7.58. The number of carbonyl (C=O) groups is 2. The van der Waals surface area contributed by atoms with Gasteiger partial charge in [0.2, 0.25) is 0 Å². The number of ether oxygens (including phenoxy) is 3. The van der Waals surface area contributed by atoms with E-state index in [9.17, 15) is 22.8 Å². The third-order valence-electron chi connectivity index (χ3n) is 3.90. The minimum atomic E-state index is -4.70. The van der Waals surface area contributed by atoms with Gasteiger partial charge in [-0.3, -0.25) is 14.3 Å². The summed E-state index contributed by atoms with van der Waals surface area (Å²) in [7, 11) is 0. The summed E-state index contributed by atoms with van der Waals surface area (Å²) in [6.07, 6.45) is -4.74. The van der Waals surface area contributed by atoms with Crippen LogP contribution in [0.25, 0.3) is 0 Å². The molecular weight excluding hydrogens is 365 g/mol. The number of rotatable bonds is 8. The Morgan fingerprint density at radius 3 is 2.07 bits per heavy atom. The number of halogens is 3. The van der Waals surface area contributed by atoms with Crippen molar-refractivity contribution in [3.8, 4) is 0 Å². The predicted octanol–water partition coefficient (Wildman–Crippen LogP) is 4.01. The monoisotopic (exact) mass is 390 g/mol. The molecule has 0 saturated carbocycles. The van der Waals surface area contributed by atoms with Crippen LogP contribution >= 0.6 is 0 Å². The number of hydrogen-bond donors (Lipinski definition) is 0. The fourth-order valence-electron chi connectivity index (χ4n) is 2.45. The highest BCUT2D eigenvalue weighted by Crippen LogP contribution is 2.23. The first-order chi connectivity index (χ1) is 12.4. The van der Waals surface area contributed by atoms with Gasteiger partial charge in [-0.1, -0.05) is 12.1 Å². The molecule has 27 heavy (non-hydrogen) atoms. The molecule has 152 valence electrons. The van der Waals surface area contributed by atoms with E-state index in [1.54, 1.807) is 46.8 Å². The Bertz CT molecular complexity index is 657. The van der Waals surface area contributed by atoms with Crippen molar-refractivity contribution in [3.05, 3.63) is 34.4 Å². The molecule has 0 atom stereocenters. The normalized spacial score (nSPS) is 12.0. The van der Waals surface area contributed by atoms with Crippen LogP contribution in [0, 0.1) is 19.3 Å². The number of alkyl halides is 3. The van der Waals surface area contributed by atoms with E-state index in [-0.39, 0.29) is 19.6 Å². The topological polar surface area (TPSA) is 61.8 Å². The maximum Gasteiger partial charge on any atom is 0.522 e. The molecule has 1 rings (SSSR count). The highest BCUT2D eigenvalue weighted by molar-refractivity contribution is 5.77. The molecule has 0 aliphatic carbocycles. The van der Waals surface area contributed by atoms with Crippen molar-refractivity contribution in [1.82, 2.24) is 0 Å². The molecule has 0 bridgehead atoms. The summed E-state index contributed by atoms with van der Waals surface area (Å²) in [6, 6.07) is 3.09. The molecule has 8 heteroatoms. The zero-order chi connectivity index (χ0) is 20.8. The molecule has 0 aliphatic heterocycles. The molecule has 5 nitrogen and oxygen atoms in total. The lowest BCUT2D eigenvalue weighted by molar-refractivity contribution is -0.330. The molecule has 0 amide bonds. The molecule has 0 saturated heterocycles. The average Bonchev–Trinajstić information content (AvgIpc) is 2.54. The minimum Gasteiger partial charge on any atom is -0.465 e. The van der Waals surface area contributed by atoms with Crippen LogP contribution in [-0.4, -0.2) is 31.5 Å². The average molecular weight is 390 g/mol. The molecule has 1 aromatic carbocycles. The molecular formula is C19H25F3O5. The second-order valence-electron chi connectivity index (χ2n) is 6.88. The zero-order valence-corrected chi connectivity index (χ0v) is 16.2. The van der Waals surface area contributed by atoms with Crippen molar-refractivity contribution < 1.29 is 37.0 Å². The van der Waals surface area contributed by atoms with Crippen LogP contribution in [0.2, 0.25) is 0 Å². The van der Waals surface area contributed by atoms with Gasteiger partial charge < -0.3 is 9.47 Å². The predicted molar refractivity (Wildman–Crippen MR) is 91.8 cm³/mol. The lowest BCUT2D eigenvalue weighted by atomic mass is 9.95. The summed E-state index contributed by atoms with van der Waals surface area (Å²) in [5.41, 5.74) is 1.40. The number of esters is 2. The molecule has 0 N–H and O–H groups in total. The van der Waals surface area contributed by atoms with Crippen molar-refractivity contribution in [2.24, 2.45) is 5.41 Å². The molecule has 0 unspecified atom stereocenters. The summed E-state index contributed by atoms with van der Waals surface area (Å²) >= 11 is 0. The summed E-state index contributed by atoms with van der Waals surface area (Å²) in [5.74, 6) is -0.989. The fourth-order valence-corrected chi connectivity index (χ4v) is 2.45. The second-order valence-corrected chi connectivity index (χ2v) is 6.88. The molecule has 0 fully saturated rings. The molecule has 1 aromatic rings. The van der Waals surface area contributed by atoms with Gasteiger partial charge in [-0.15, -0.1) is 13.2 Å². The summed E-state index contributed by atoms with van der Waals surface area (Å²) in [5, 5.41) is 0. The first kappa shape index (κ1) is 23.0. The smallest absolute Gasteiger partial charge is 0.465 e. The largest absolute Gasteiger partial charge is 0.522 e. The molecule has 0 aliphatic rings. The number of aryl methyl sites for hydroxylation is 2. The first-order valence-electron chi connectivity index (χ1n) is 8.48. The second kappa shape index (κ2) is 9.21. The van der Waals surface area contributed by atoms with E-state index in [0.717, 1.165) is 0 Å². The Morgan fingerprint density at radius 2 is 1.59 bits per heavy atom. The summed E-state index contributed by atoms with van der Waals surface area (Å²) in [4.78, 5) is 23.9. The van der Waals surface area contributed by atoms with Crippen LogP contribution in [0.3, 0.4) is 0 Å². The van der Waals surface area contributed by atoms with E-state index >= 15 is 0 Å². The van der Waals surface area contributed by atoms with Crippen molar-refractivity contribution >= 4 is 11.9 Å². The van der Waals surface area contributed by atoms with Crippen molar-refractivity contribution in [1.29, 1.82) is 0 Å². The maximum absolute atomic E-state index is 12.2. The maximum atomic E-state index is 12.2. The standard InChI is InChI=1S/C19H25F3O5/c1-6-25-17(24)18(4,5)11-26-16(23)9-15-12(2)7-14(8-13(15)3)10-27-19(20,21)22/h7-8H,6,9-11H2,1-5H3. The van der Waals surface area contributed by atoms with Crippen LogP contribution in [0.4, 0.5) is 13.2 Å². The van der Waals surface area contributed by atoms with Crippen molar-refractivity contribution in [3.63, 3.8) is 0 Å². The highest BCUT2D eigenvalue weighted by Gasteiger charge is 2.31. The van der Waals surface area contributed by atoms with Gasteiger partial charge in [0.25, 0.3) is 0 Å². The Kier molecular flexibility index (Phi) is 7.83. The van der Waals surface area contributed by atoms with E-state index in [4.69, 9.17) is 9.47 Å². The highest BCUT2D eigenvalue weighted by atomic mass is 19.4. The minimum absolute atomic E-state index is 0.0447. The van der Waals surface area contributed by atoms with Crippen LogP contribution < -0.4 is 0 Å². The van der Waals surface area contributed by atoms with Gasteiger partial charge in [-0.05, 0) is 56.9 Å². The van der Waals surface area contributed by atoms with Crippen molar-refractivity contribution in [2.45, 2.75) is 54.0 Å². The van der Waals surface area contributed by atoms with E-state index in [0.29, 0.717) is 22.3 Å². The van der Waals surface area contributed by atoms with Crippen LogP contribution in [0.5, 0.6) is 0 Å². The van der Waals surface area contributed by atoms with Gasteiger partial charge >= 0.3 is 18.3 Å². The van der Waals surface area contributed by atoms with Crippen LogP contribution in [-0.2, 0) is 36.8 Å². The third-order valence-corrected chi connectivity index (χ3v) is 3.90. The number of benzene rings is 1. The molecule has 0 aromatic heterocycles. The SMILES string of the molecule is CCOC(=O)C(C)(C)COC(=O)Cc1c(C)cc(COC(F)(F)F)cc1C. The Balaban J connectivity index is 2.73. The van der Waals surface area contributed by atoms with Crippen LogP contribution in [0.1, 0.15) is 43.0 Å². The van der Waals surface area contributed by atoms with Gasteiger partial charge in [-0.2, -0.15) is 0 Å². The van der Waals surface area contributed by atoms with Gasteiger partial charge in [0.1, 0.15) is 6.61 Å². The lowest BCUT2D eigenvalue weighted by Gasteiger charge is -2.22. The summed E-state index contributed by atoms with van der Waals surface area (Å²) in [6.45, 7) is 7.84. The molecule has 0 heterocycles.